The number of ether oxygens (including phenoxy) is 2. The zero-order valence-corrected chi connectivity index (χ0v) is 9.79. The van der Waals surface area contributed by atoms with Gasteiger partial charge in [0, 0.05) is 20.6 Å². The van der Waals surface area contributed by atoms with E-state index in [1.54, 1.807) is 14.2 Å². The van der Waals surface area contributed by atoms with Crippen LogP contribution in [0.3, 0.4) is 0 Å². The van der Waals surface area contributed by atoms with Gasteiger partial charge >= 0.3 is 0 Å². The summed E-state index contributed by atoms with van der Waals surface area (Å²) < 4.78 is 10.1. The van der Waals surface area contributed by atoms with E-state index in [1.165, 1.54) is 19.3 Å². The molecule has 1 aliphatic carbocycles. The zero-order chi connectivity index (χ0) is 11.3. The van der Waals surface area contributed by atoms with Crippen molar-refractivity contribution in [3.8, 4) is 0 Å². The van der Waals surface area contributed by atoms with Gasteiger partial charge in [-0.15, -0.1) is 0 Å². The lowest BCUT2D eigenvalue weighted by atomic mass is 9.83. The molecule has 1 amide bonds. The second-order valence-corrected chi connectivity index (χ2v) is 4.20. The quantitative estimate of drug-likeness (QED) is 0.679. The summed E-state index contributed by atoms with van der Waals surface area (Å²) in [5.74, 6) is 0.701. The largest absolute Gasteiger partial charge is 0.354 e. The Morgan fingerprint density at radius 1 is 1.40 bits per heavy atom. The minimum Gasteiger partial charge on any atom is -0.354 e. The molecule has 88 valence electrons. The number of hydrogen-bond donors (Lipinski definition) is 1. The van der Waals surface area contributed by atoms with Crippen LogP contribution in [-0.4, -0.2) is 32.5 Å². The van der Waals surface area contributed by atoms with Crippen LogP contribution in [0.5, 0.6) is 0 Å². The molecular formula is C11H21NO3. The maximum absolute atomic E-state index is 11.6. The molecule has 0 bridgehead atoms. The van der Waals surface area contributed by atoms with Gasteiger partial charge in [-0.1, -0.05) is 6.42 Å². The van der Waals surface area contributed by atoms with Crippen LogP contribution >= 0.6 is 0 Å². The van der Waals surface area contributed by atoms with Gasteiger partial charge in [-0.2, -0.15) is 0 Å². The lowest BCUT2D eigenvalue weighted by Gasteiger charge is -2.27. The summed E-state index contributed by atoms with van der Waals surface area (Å²) in [6.45, 7) is 1.89. The number of carbonyl (C=O) groups excluding carboxylic acids is 1. The lowest BCUT2D eigenvalue weighted by Crippen LogP contribution is -2.43. The number of amides is 1. The van der Waals surface area contributed by atoms with Gasteiger partial charge in [0.15, 0.2) is 6.29 Å². The van der Waals surface area contributed by atoms with E-state index in [0.29, 0.717) is 12.3 Å². The highest BCUT2D eigenvalue weighted by Gasteiger charge is 2.23. The molecule has 1 unspecified atom stereocenters. The summed E-state index contributed by atoms with van der Waals surface area (Å²) in [7, 11) is 3.14. The molecule has 1 N–H and O–H groups in total. The third kappa shape index (κ3) is 3.80. The van der Waals surface area contributed by atoms with Crippen molar-refractivity contribution in [1.82, 2.24) is 5.32 Å². The molecule has 1 atom stereocenters. The Labute approximate surface area is 91.3 Å². The molecule has 1 fully saturated rings. The lowest BCUT2D eigenvalue weighted by molar-refractivity contribution is -0.136. The second kappa shape index (κ2) is 6.08. The fraction of sp³-hybridized carbons (Fsp3) is 0.909. The Kier molecular flexibility index (Phi) is 5.05. The van der Waals surface area contributed by atoms with Gasteiger partial charge in [0.1, 0.15) is 0 Å². The van der Waals surface area contributed by atoms with Crippen molar-refractivity contribution in [3.05, 3.63) is 0 Å². The number of rotatable bonds is 6. The van der Waals surface area contributed by atoms with Gasteiger partial charge in [0.2, 0.25) is 5.91 Å². The van der Waals surface area contributed by atoms with Crippen LogP contribution in [0.25, 0.3) is 0 Å². The molecule has 1 saturated carbocycles. The zero-order valence-electron chi connectivity index (χ0n) is 9.79. The standard InChI is InChI=1S/C11H21NO3/c1-8(11(14-2)15-3)12-10(13)7-9-5-4-6-9/h8-9,11H,4-7H2,1-3H3,(H,12,13). The van der Waals surface area contributed by atoms with Gasteiger partial charge in [-0.3, -0.25) is 4.79 Å². The van der Waals surface area contributed by atoms with Crippen LogP contribution in [0, 0.1) is 5.92 Å². The van der Waals surface area contributed by atoms with E-state index in [0.717, 1.165) is 0 Å². The first-order chi connectivity index (χ1) is 7.17. The molecule has 0 heterocycles. The van der Waals surface area contributed by atoms with Crippen molar-refractivity contribution in [2.75, 3.05) is 14.2 Å². The Hall–Kier alpha value is -0.610. The first-order valence-electron chi connectivity index (χ1n) is 5.52. The minimum absolute atomic E-state index is 0.103. The van der Waals surface area contributed by atoms with E-state index in [4.69, 9.17) is 9.47 Å². The fourth-order valence-corrected chi connectivity index (χ4v) is 1.84. The molecule has 1 aliphatic rings. The molecule has 0 aromatic heterocycles. The maximum atomic E-state index is 11.6. The number of nitrogens with one attached hydrogen (secondary N) is 1. The highest BCUT2D eigenvalue weighted by Crippen LogP contribution is 2.29. The third-order valence-corrected chi connectivity index (χ3v) is 2.96. The molecule has 0 aliphatic heterocycles. The Morgan fingerprint density at radius 2 is 2.00 bits per heavy atom. The maximum Gasteiger partial charge on any atom is 0.220 e. The molecule has 0 aromatic carbocycles. The third-order valence-electron chi connectivity index (χ3n) is 2.96. The van der Waals surface area contributed by atoms with Crippen molar-refractivity contribution in [3.63, 3.8) is 0 Å². The van der Waals surface area contributed by atoms with Crippen LogP contribution in [0.2, 0.25) is 0 Å². The van der Waals surface area contributed by atoms with Crippen LogP contribution < -0.4 is 5.32 Å². The van der Waals surface area contributed by atoms with E-state index in [2.05, 4.69) is 5.32 Å². The van der Waals surface area contributed by atoms with Crippen molar-refractivity contribution in [2.45, 2.75) is 44.9 Å². The van der Waals surface area contributed by atoms with Crippen molar-refractivity contribution in [1.29, 1.82) is 0 Å². The molecule has 0 spiro atoms. The smallest absolute Gasteiger partial charge is 0.220 e. The topological polar surface area (TPSA) is 47.6 Å². The average Bonchev–Trinajstić information content (AvgIpc) is 2.13. The molecular weight excluding hydrogens is 194 g/mol. The summed E-state index contributed by atoms with van der Waals surface area (Å²) in [5, 5.41) is 2.89. The van der Waals surface area contributed by atoms with Crippen LogP contribution in [0.4, 0.5) is 0 Å². The van der Waals surface area contributed by atoms with Crippen LogP contribution in [0.1, 0.15) is 32.6 Å². The predicted molar refractivity (Wildman–Crippen MR) is 57.4 cm³/mol. The molecule has 0 aromatic rings. The Bertz CT molecular complexity index is 200. The fourth-order valence-electron chi connectivity index (χ4n) is 1.84. The Morgan fingerprint density at radius 3 is 2.40 bits per heavy atom. The molecule has 0 saturated heterocycles. The van der Waals surface area contributed by atoms with Gasteiger partial charge in [0.05, 0.1) is 6.04 Å². The summed E-state index contributed by atoms with van der Waals surface area (Å²) in [4.78, 5) is 11.6. The van der Waals surface area contributed by atoms with E-state index in [9.17, 15) is 4.79 Å². The van der Waals surface area contributed by atoms with Crippen LogP contribution in [-0.2, 0) is 14.3 Å². The summed E-state index contributed by atoms with van der Waals surface area (Å²) >= 11 is 0. The summed E-state index contributed by atoms with van der Waals surface area (Å²) in [6.07, 6.45) is 3.94. The molecule has 4 heteroatoms. The Balaban J connectivity index is 2.22. The van der Waals surface area contributed by atoms with Crippen molar-refractivity contribution >= 4 is 5.91 Å². The highest BCUT2D eigenvalue weighted by atomic mass is 16.7. The van der Waals surface area contributed by atoms with Gasteiger partial charge in [0.25, 0.3) is 0 Å². The van der Waals surface area contributed by atoms with E-state index in [-0.39, 0.29) is 18.2 Å². The highest BCUT2D eigenvalue weighted by molar-refractivity contribution is 5.76. The number of hydrogen-bond acceptors (Lipinski definition) is 3. The molecule has 15 heavy (non-hydrogen) atoms. The molecule has 0 radical (unpaired) electrons. The molecule has 4 nitrogen and oxygen atoms in total. The van der Waals surface area contributed by atoms with Gasteiger partial charge in [-0.05, 0) is 25.7 Å². The predicted octanol–water partition coefficient (Wildman–Crippen LogP) is 1.30. The monoisotopic (exact) mass is 215 g/mol. The summed E-state index contributed by atoms with van der Waals surface area (Å²) in [6, 6.07) is -0.104. The van der Waals surface area contributed by atoms with E-state index in [1.807, 2.05) is 6.92 Å². The minimum atomic E-state index is -0.365. The van der Waals surface area contributed by atoms with E-state index >= 15 is 0 Å². The van der Waals surface area contributed by atoms with E-state index < -0.39 is 0 Å². The SMILES string of the molecule is COC(OC)C(C)NC(=O)CC1CCC1. The van der Waals surface area contributed by atoms with Gasteiger partial charge in [-0.25, -0.2) is 0 Å². The second-order valence-electron chi connectivity index (χ2n) is 4.20. The number of methoxy groups -OCH3 is 2. The number of carbonyl (C=O) groups is 1. The first kappa shape index (κ1) is 12.5. The summed E-state index contributed by atoms with van der Waals surface area (Å²) in [5.41, 5.74) is 0. The van der Waals surface area contributed by atoms with Crippen molar-refractivity contribution < 1.29 is 14.3 Å². The van der Waals surface area contributed by atoms with Crippen LogP contribution in [0.15, 0.2) is 0 Å². The first-order valence-corrected chi connectivity index (χ1v) is 5.52. The molecule has 1 rings (SSSR count). The van der Waals surface area contributed by atoms with Crippen molar-refractivity contribution in [2.24, 2.45) is 5.92 Å². The van der Waals surface area contributed by atoms with Gasteiger partial charge < -0.3 is 14.8 Å². The normalized spacial score (nSPS) is 18.7. The average molecular weight is 215 g/mol.